The van der Waals surface area contributed by atoms with Crippen molar-refractivity contribution in [3.8, 4) is 0 Å². The van der Waals surface area contributed by atoms with Gasteiger partial charge in [0, 0.05) is 5.69 Å². The number of hydrogen-bond donors (Lipinski definition) is 1. The molecular weight excluding hydrogens is 313 g/mol. The van der Waals surface area contributed by atoms with Gasteiger partial charge in [-0.3, -0.25) is 0 Å². The Hall–Kier alpha value is -2.02. The minimum absolute atomic E-state index is 0.00224. The van der Waals surface area contributed by atoms with Gasteiger partial charge in [-0.1, -0.05) is 17.7 Å². The van der Waals surface area contributed by atoms with Crippen LogP contribution in [0.1, 0.15) is 11.3 Å². The number of hydrogen-bond acceptors (Lipinski definition) is 2. The Bertz CT molecular complexity index is 609. The Morgan fingerprint density at radius 1 is 1.23 bits per heavy atom. The summed E-state index contributed by atoms with van der Waals surface area (Å²) >= 11 is 5.10. The van der Waals surface area contributed by atoms with E-state index in [1.807, 2.05) is 19.1 Å². The van der Waals surface area contributed by atoms with Gasteiger partial charge in [-0.15, -0.1) is 0 Å². The van der Waals surface area contributed by atoms with Crippen LogP contribution in [-0.2, 0) is 6.54 Å². The highest BCUT2D eigenvalue weighted by molar-refractivity contribution is 7.80. The van der Waals surface area contributed by atoms with E-state index in [0.717, 1.165) is 10.5 Å². The van der Waals surface area contributed by atoms with Crippen LogP contribution < -0.4 is 5.32 Å². The molecule has 3 nitrogen and oxygen atoms in total. The van der Waals surface area contributed by atoms with Gasteiger partial charge in [0.25, 0.3) is 0 Å². The number of nitrogens with zero attached hydrogens (tertiary/aromatic N) is 1. The van der Waals surface area contributed by atoms with Gasteiger partial charge in [-0.2, -0.15) is 13.2 Å². The molecule has 1 aromatic carbocycles. The van der Waals surface area contributed by atoms with E-state index >= 15 is 0 Å². The number of thiocarbonyl (C=S) groups is 1. The maximum atomic E-state index is 12.7. The molecule has 0 aliphatic heterocycles. The van der Waals surface area contributed by atoms with Gasteiger partial charge in [0.05, 0.1) is 12.8 Å². The number of furan rings is 1. The summed E-state index contributed by atoms with van der Waals surface area (Å²) in [5.74, 6) is 0.414. The second-order valence-electron chi connectivity index (χ2n) is 4.85. The lowest BCUT2D eigenvalue weighted by molar-refractivity contribution is -0.138. The Morgan fingerprint density at radius 2 is 1.91 bits per heavy atom. The number of rotatable bonds is 4. The Labute approximate surface area is 131 Å². The largest absolute Gasteiger partial charge is 0.467 e. The van der Waals surface area contributed by atoms with Gasteiger partial charge < -0.3 is 14.6 Å². The Balaban J connectivity index is 2.09. The van der Waals surface area contributed by atoms with E-state index in [0.29, 0.717) is 11.4 Å². The number of aryl methyl sites for hydroxylation is 1. The van der Waals surface area contributed by atoms with E-state index in [1.54, 1.807) is 24.3 Å². The zero-order valence-electron chi connectivity index (χ0n) is 11.9. The molecule has 0 saturated carbocycles. The van der Waals surface area contributed by atoms with Crippen molar-refractivity contribution < 1.29 is 17.6 Å². The lowest BCUT2D eigenvalue weighted by Gasteiger charge is -2.26. The van der Waals surface area contributed by atoms with Crippen LogP contribution in [0.5, 0.6) is 0 Å². The van der Waals surface area contributed by atoms with E-state index in [-0.39, 0.29) is 11.7 Å². The van der Waals surface area contributed by atoms with Crippen molar-refractivity contribution in [3.05, 3.63) is 54.0 Å². The predicted octanol–water partition coefficient (Wildman–Crippen LogP) is 4.35. The topological polar surface area (TPSA) is 28.4 Å². The van der Waals surface area contributed by atoms with Gasteiger partial charge >= 0.3 is 6.18 Å². The fraction of sp³-hybridized carbons (Fsp3) is 0.267. The monoisotopic (exact) mass is 328 g/mol. The Morgan fingerprint density at radius 3 is 2.45 bits per heavy atom. The molecule has 0 unspecified atom stereocenters. The van der Waals surface area contributed by atoms with Crippen LogP contribution in [0.4, 0.5) is 18.9 Å². The molecule has 2 rings (SSSR count). The van der Waals surface area contributed by atoms with Crippen LogP contribution in [0.25, 0.3) is 0 Å². The third kappa shape index (κ3) is 5.07. The van der Waals surface area contributed by atoms with Crippen LogP contribution in [-0.4, -0.2) is 22.7 Å². The minimum atomic E-state index is -4.36. The van der Waals surface area contributed by atoms with Gasteiger partial charge in [-0.25, -0.2) is 0 Å². The molecule has 2 aromatic rings. The summed E-state index contributed by atoms with van der Waals surface area (Å²) in [7, 11) is 0. The molecule has 0 aliphatic rings. The first kappa shape index (κ1) is 16.4. The highest BCUT2D eigenvalue weighted by Gasteiger charge is 2.32. The van der Waals surface area contributed by atoms with Crippen molar-refractivity contribution >= 4 is 23.0 Å². The zero-order valence-corrected chi connectivity index (χ0v) is 12.7. The predicted molar refractivity (Wildman–Crippen MR) is 82.6 cm³/mol. The molecule has 0 saturated heterocycles. The van der Waals surface area contributed by atoms with E-state index < -0.39 is 12.7 Å². The third-order valence-electron chi connectivity index (χ3n) is 2.89. The summed E-state index contributed by atoms with van der Waals surface area (Å²) < 4.78 is 43.3. The maximum absolute atomic E-state index is 12.7. The van der Waals surface area contributed by atoms with Crippen LogP contribution in [0.2, 0.25) is 0 Å². The fourth-order valence-electron chi connectivity index (χ4n) is 1.85. The van der Waals surface area contributed by atoms with Crippen LogP contribution in [0, 0.1) is 6.92 Å². The summed E-state index contributed by atoms with van der Waals surface area (Å²) in [5, 5.41) is 2.82. The molecule has 0 spiro atoms. The SMILES string of the molecule is Cc1ccc(NC(=S)N(Cc2ccco2)CC(F)(F)F)cc1. The van der Waals surface area contributed by atoms with E-state index in [9.17, 15) is 13.2 Å². The van der Waals surface area contributed by atoms with E-state index in [1.165, 1.54) is 6.26 Å². The highest BCUT2D eigenvalue weighted by atomic mass is 32.1. The van der Waals surface area contributed by atoms with Crippen molar-refractivity contribution in [2.75, 3.05) is 11.9 Å². The third-order valence-corrected chi connectivity index (χ3v) is 3.25. The Kier molecular flexibility index (Phi) is 5.07. The molecule has 0 radical (unpaired) electrons. The minimum Gasteiger partial charge on any atom is -0.467 e. The van der Waals surface area contributed by atoms with Crippen molar-refractivity contribution in [2.24, 2.45) is 0 Å². The van der Waals surface area contributed by atoms with Crippen LogP contribution in [0.3, 0.4) is 0 Å². The normalized spacial score (nSPS) is 11.3. The summed E-state index contributed by atoms with van der Waals surface area (Å²) in [6.07, 6.45) is -2.94. The number of alkyl halides is 3. The average Bonchev–Trinajstić information content (AvgIpc) is 2.92. The molecule has 22 heavy (non-hydrogen) atoms. The van der Waals surface area contributed by atoms with Crippen LogP contribution >= 0.6 is 12.2 Å². The fourth-order valence-corrected chi connectivity index (χ4v) is 2.09. The van der Waals surface area contributed by atoms with Gasteiger partial charge in [0.1, 0.15) is 12.3 Å². The summed E-state index contributed by atoms with van der Waals surface area (Å²) in [6.45, 7) is 0.727. The van der Waals surface area contributed by atoms with Crippen molar-refractivity contribution in [1.29, 1.82) is 0 Å². The summed E-state index contributed by atoms with van der Waals surface area (Å²) in [4.78, 5) is 1.02. The molecule has 0 bridgehead atoms. The molecule has 1 aromatic heterocycles. The lowest BCUT2D eigenvalue weighted by atomic mass is 10.2. The smallest absolute Gasteiger partial charge is 0.406 e. The van der Waals surface area contributed by atoms with Crippen molar-refractivity contribution in [1.82, 2.24) is 4.90 Å². The molecule has 0 amide bonds. The highest BCUT2D eigenvalue weighted by Crippen LogP contribution is 2.20. The quantitative estimate of drug-likeness (QED) is 0.845. The van der Waals surface area contributed by atoms with Crippen molar-refractivity contribution in [2.45, 2.75) is 19.6 Å². The summed E-state index contributed by atoms with van der Waals surface area (Å²) in [6, 6.07) is 10.5. The first-order valence-electron chi connectivity index (χ1n) is 6.55. The van der Waals surface area contributed by atoms with Crippen molar-refractivity contribution in [3.63, 3.8) is 0 Å². The second-order valence-corrected chi connectivity index (χ2v) is 5.23. The number of anilines is 1. The van der Waals surface area contributed by atoms with Gasteiger partial charge in [0.2, 0.25) is 0 Å². The molecule has 0 fully saturated rings. The van der Waals surface area contributed by atoms with Crippen LogP contribution in [0.15, 0.2) is 47.1 Å². The maximum Gasteiger partial charge on any atom is 0.406 e. The van der Waals surface area contributed by atoms with E-state index in [2.05, 4.69) is 5.32 Å². The summed E-state index contributed by atoms with van der Waals surface area (Å²) in [5.41, 5.74) is 1.70. The molecule has 1 N–H and O–H groups in total. The molecule has 0 atom stereocenters. The van der Waals surface area contributed by atoms with E-state index in [4.69, 9.17) is 16.6 Å². The number of halogens is 3. The van der Waals surface area contributed by atoms with Gasteiger partial charge in [0.15, 0.2) is 5.11 Å². The molecule has 7 heteroatoms. The first-order chi connectivity index (χ1) is 10.3. The number of nitrogens with one attached hydrogen (secondary N) is 1. The number of benzene rings is 1. The molecule has 118 valence electrons. The average molecular weight is 328 g/mol. The second kappa shape index (κ2) is 6.83. The first-order valence-corrected chi connectivity index (χ1v) is 6.96. The standard InChI is InChI=1S/C15H15F3N2OS/c1-11-4-6-12(7-5-11)19-14(22)20(10-15(16,17)18)9-13-3-2-8-21-13/h2-8H,9-10H2,1H3,(H,19,22). The zero-order chi connectivity index (χ0) is 16.2. The van der Waals surface area contributed by atoms with Gasteiger partial charge in [-0.05, 0) is 43.4 Å². The lowest BCUT2D eigenvalue weighted by Crippen LogP contribution is -2.40. The molecular formula is C15H15F3N2OS. The molecule has 1 heterocycles. The molecule has 0 aliphatic carbocycles.